The van der Waals surface area contributed by atoms with Gasteiger partial charge < -0.3 is 34.2 Å². The van der Waals surface area contributed by atoms with Crippen molar-refractivity contribution in [3.63, 3.8) is 0 Å². The molecule has 21 heavy (non-hydrogen) atoms. The number of hydrogen-bond donors (Lipinski definition) is 5. The molecule has 0 aliphatic heterocycles. The minimum Gasteiger partial charge on any atom is -0.502 e. The van der Waals surface area contributed by atoms with Crippen LogP contribution in [0.2, 0.25) is 0 Å². The summed E-state index contributed by atoms with van der Waals surface area (Å²) < 4.78 is 32.0. The van der Waals surface area contributed by atoms with E-state index in [1.54, 1.807) is 0 Å². The van der Waals surface area contributed by atoms with Gasteiger partial charge in [0.1, 0.15) is 0 Å². The second kappa shape index (κ2) is 6.19. The molecule has 118 valence electrons. The predicted molar refractivity (Wildman–Crippen MR) is 73.3 cm³/mol. The van der Waals surface area contributed by atoms with Gasteiger partial charge in [-0.25, -0.2) is 0 Å². The van der Waals surface area contributed by atoms with Crippen LogP contribution >= 0.6 is 15.2 Å². The minimum atomic E-state index is -5.17. The SMILES string of the molecule is COc1cc(C=C(P(=O)(O)O)P(=O)(O)O)cc(OC)c1O. The molecule has 0 heterocycles. The van der Waals surface area contributed by atoms with Gasteiger partial charge in [0, 0.05) is 0 Å². The molecule has 5 N–H and O–H groups in total. The summed E-state index contributed by atoms with van der Waals surface area (Å²) in [6, 6.07) is 2.28. The summed E-state index contributed by atoms with van der Waals surface area (Å²) in [6.45, 7) is 0. The Labute approximate surface area is 119 Å². The van der Waals surface area contributed by atoms with Crippen molar-refractivity contribution in [2.45, 2.75) is 0 Å². The summed E-state index contributed by atoms with van der Waals surface area (Å²) in [4.78, 5) is 36.1. The molecule has 11 heteroatoms. The summed E-state index contributed by atoms with van der Waals surface area (Å²) in [5.74, 6) is -0.529. The average molecular weight is 340 g/mol. The molecule has 0 saturated carbocycles. The van der Waals surface area contributed by atoms with Crippen LogP contribution in [0.3, 0.4) is 0 Å². The third-order valence-electron chi connectivity index (χ3n) is 2.39. The summed E-state index contributed by atoms with van der Waals surface area (Å²) in [7, 11) is -7.87. The van der Waals surface area contributed by atoms with Gasteiger partial charge in [0.25, 0.3) is 0 Å². The molecule has 0 aliphatic carbocycles. The van der Waals surface area contributed by atoms with Gasteiger partial charge in [-0.15, -0.1) is 0 Å². The molecular formula is C10H14O9P2. The Morgan fingerprint density at radius 2 is 1.38 bits per heavy atom. The molecule has 1 aromatic rings. The predicted octanol–water partition coefficient (Wildman–Crippen LogP) is 1.06. The Kier molecular flexibility index (Phi) is 5.22. The lowest BCUT2D eigenvalue weighted by Gasteiger charge is -2.13. The standard InChI is InChI=1S/C10H14O9P2/c1-18-7-3-6(4-8(19-2)10(7)11)5-9(20(12,13)14)21(15,16)17/h3-5,11H,1-2H3,(H2,12,13,14)(H2,15,16,17). The van der Waals surface area contributed by atoms with Crippen LogP contribution in [0, 0.1) is 0 Å². The van der Waals surface area contributed by atoms with E-state index >= 15 is 0 Å². The number of rotatable bonds is 5. The highest BCUT2D eigenvalue weighted by molar-refractivity contribution is 7.77. The number of methoxy groups -OCH3 is 2. The smallest absolute Gasteiger partial charge is 0.364 e. The van der Waals surface area contributed by atoms with Gasteiger partial charge in [0.15, 0.2) is 16.6 Å². The van der Waals surface area contributed by atoms with Gasteiger partial charge in [-0.1, -0.05) is 0 Å². The van der Waals surface area contributed by atoms with E-state index in [4.69, 9.17) is 29.0 Å². The highest BCUT2D eigenvalue weighted by Crippen LogP contribution is 2.64. The number of ether oxygens (including phenoxy) is 2. The maximum atomic E-state index is 11.2. The van der Waals surface area contributed by atoms with Crippen molar-refractivity contribution in [2.24, 2.45) is 0 Å². The van der Waals surface area contributed by atoms with Crippen molar-refractivity contribution in [3.05, 3.63) is 22.8 Å². The molecule has 0 spiro atoms. The lowest BCUT2D eigenvalue weighted by Crippen LogP contribution is -1.92. The van der Waals surface area contributed by atoms with Gasteiger partial charge in [0.05, 0.1) is 14.2 Å². The Morgan fingerprint density at radius 3 is 1.67 bits per heavy atom. The lowest BCUT2D eigenvalue weighted by molar-refractivity contribution is 0.340. The number of hydrogen-bond acceptors (Lipinski definition) is 5. The normalized spacial score (nSPS) is 11.9. The van der Waals surface area contributed by atoms with E-state index in [2.05, 4.69) is 0 Å². The van der Waals surface area contributed by atoms with Crippen LogP contribution in [-0.4, -0.2) is 38.9 Å². The van der Waals surface area contributed by atoms with E-state index in [1.807, 2.05) is 0 Å². The van der Waals surface area contributed by atoms with Gasteiger partial charge in [-0.2, -0.15) is 0 Å². The van der Waals surface area contributed by atoms with E-state index < -0.39 is 20.2 Å². The van der Waals surface area contributed by atoms with Gasteiger partial charge >= 0.3 is 15.2 Å². The molecule has 0 fully saturated rings. The first-order chi connectivity index (χ1) is 9.50. The van der Waals surface area contributed by atoms with Crippen LogP contribution in [0.4, 0.5) is 0 Å². The molecule has 0 aromatic heterocycles. The van der Waals surface area contributed by atoms with Crippen molar-refractivity contribution < 1.29 is 43.3 Å². The molecule has 0 bridgehead atoms. The fraction of sp³-hybridized carbons (Fsp3) is 0.200. The van der Waals surface area contributed by atoms with E-state index in [0.717, 1.165) is 12.1 Å². The lowest BCUT2D eigenvalue weighted by atomic mass is 10.2. The molecule has 0 aliphatic rings. The van der Waals surface area contributed by atoms with Crippen molar-refractivity contribution in [3.8, 4) is 17.2 Å². The highest BCUT2D eigenvalue weighted by Gasteiger charge is 2.36. The summed E-state index contributed by atoms with van der Waals surface area (Å²) in [5.41, 5.74) is -0.0249. The Hall–Kier alpha value is -1.34. The third kappa shape index (κ3) is 4.31. The quantitative estimate of drug-likeness (QED) is 0.495. The van der Waals surface area contributed by atoms with Gasteiger partial charge in [-0.05, 0) is 23.8 Å². The Morgan fingerprint density at radius 1 is 1.00 bits per heavy atom. The maximum absolute atomic E-state index is 11.2. The number of benzene rings is 1. The van der Waals surface area contributed by atoms with E-state index in [9.17, 15) is 14.2 Å². The highest BCUT2D eigenvalue weighted by atomic mass is 31.2. The van der Waals surface area contributed by atoms with E-state index in [1.165, 1.54) is 14.2 Å². The minimum absolute atomic E-state index is 0.0249. The largest absolute Gasteiger partial charge is 0.502 e. The molecular weight excluding hydrogens is 326 g/mol. The van der Waals surface area contributed by atoms with Crippen LogP contribution in [0.1, 0.15) is 5.56 Å². The van der Waals surface area contributed by atoms with E-state index in [-0.39, 0.29) is 22.8 Å². The van der Waals surface area contributed by atoms with Crippen molar-refractivity contribution >= 4 is 21.3 Å². The number of phenols is 1. The Bertz CT molecular complexity index is 605. The molecule has 0 saturated heterocycles. The first-order valence-corrected chi connectivity index (χ1v) is 8.52. The van der Waals surface area contributed by atoms with Gasteiger partial charge in [-0.3, -0.25) is 9.13 Å². The summed E-state index contributed by atoms with van der Waals surface area (Å²) in [5, 5.41) is 8.35. The number of phenolic OH excluding ortho intramolecular Hbond substituents is 1. The van der Waals surface area contributed by atoms with Crippen molar-refractivity contribution in [2.75, 3.05) is 14.2 Å². The van der Waals surface area contributed by atoms with Crippen molar-refractivity contribution in [1.29, 1.82) is 0 Å². The second-order valence-corrected chi connectivity index (χ2v) is 7.36. The molecule has 0 unspecified atom stereocenters. The van der Waals surface area contributed by atoms with Crippen LogP contribution in [-0.2, 0) is 9.13 Å². The maximum Gasteiger partial charge on any atom is 0.364 e. The third-order valence-corrected chi connectivity index (χ3v) is 5.41. The van der Waals surface area contributed by atoms with Gasteiger partial charge in [0.2, 0.25) is 5.75 Å². The van der Waals surface area contributed by atoms with Crippen LogP contribution in [0.15, 0.2) is 17.2 Å². The van der Waals surface area contributed by atoms with Crippen LogP contribution < -0.4 is 9.47 Å². The summed E-state index contributed by atoms with van der Waals surface area (Å²) in [6.07, 6.45) is 0.631. The first-order valence-electron chi connectivity index (χ1n) is 5.29. The van der Waals surface area contributed by atoms with E-state index in [0.29, 0.717) is 6.08 Å². The molecule has 1 aromatic carbocycles. The molecule has 0 radical (unpaired) electrons. The number of aromatic hydroxyl groups is 1. The average Bonchev–Trinajstić information content (AvgIpc) is 2.34. The zero-order chi connectivity index (χ0) is 16.4. The molecule has 0 amide bonds. The van der Waals surface area contributed by atoms with Crippen LogP contribution in [0.5, 0.6) is 17.2 Å². The monoisotopic (exact) mass is 340 g/mol. The fourth-order valence-corrected chi connectivity index (χ4v) is 3.48. The molecule has 9 nitrogen and oxygen atoms in total. The Balaban J connectivity index is 3.55. The molecule has 1 rings (SSSR count). The topological polar surface area (TPSA) is 154 Å². The summed E-state index contributed by atoms with van der Waals surface area (Å²) >= 11 is 0. The molecule has 0 atom stereocenters. The zero-order valence-corrected chi connectivity index (χ0v) is 12.8. The van der Waals surface area contributed by atoms with Crippen LogP contribution in [0.25, 0.3) is 6.08 Å². The van der Waals surface area contributed by atoms with Crippen molar-refractivity contribution in [1.82, 2.24) is 0 Å². The fourth-order valence-electron chi connectivity index (χ4n) is 1.48. The second-order valence-electron chi connectivity index (χ2n) is 3.86. The zero-order valence-electron chi connectivity index (χ0n) is 11.0. The first kappa shape index (κ1) is 17.7.